The smallest absolute Gasteiger partial charge is 0.396 e. The SMILES string of the molecule is CC(CO)c1cc(I)cc(C(F)(F)F)c1. The molecule has 1 nitrogen and oxygen atoms in total. The predicted molar refractivity (Wildman–Crippen MR) is 59.7 cm³/mol. The Kier molecular flexibility index (Phi) is 3.99. The lowest BCUT2D eigenvalue weighted by Gasteiger charge is -2.13. The molecular weight excluding hydrogens is 320 g/mol. The third kappa shape index (κ3) is 3.34. The van der Waals surface area contributed by atoms with Crippen molar-refractivity contribution in [1.29, 1.82) is 0 Å². The maximum atomic E-state index is 12.4. The van der Waals surface area contributed by atoms with E-state index in [0.29, 0.717) is 9.13 Å². The van der Waals surface area contributed by atoms with Crippen molar-refractivity contribution < 1.29 is 18.3 Å². The van der Waals surface area contributed by atoms with Gasteiger partial charge in [-0.2, -0.15) is 13.2 Å². The topological polar surface area (TPSA) is 20.2 Å². The molecule has 0 heterocycles. The molecule has 84 valence electrons. The fraction of sp³-hybridized carbons (Fsp3) is 0.400. The molecule has 0 saturated carbocycles. The Labute approximate surface area is 99.4 Å². The second kappa shape index (κ2) is 4.69. The molecule has 1 rings (SSSR count). The Morgan fingerprint density at radius 3 is 2.40 bits per heavy atom. The first-order chi connectivity index (χ1) is 6.84. The first-order valence-corrected chi connectivity index (χ1v) is 5.41. The Morgan fingerprint density at radius 2 is 1.93 bits per heavy atom. The molecule has 15 heavy (non-hydrogen) atoms. The van der Waals surface area contributed by atoms with E-state index in [1.165, 1.54) is 0 Å². The second-order valence-electron chi connectivity index (χ2n) is 3.35. The summed E-state index contributed by atoms with van der Waals surface area (Å²) < 4.78 is 37.9. The van der Waals surface area contributed by atoms with Gasteiger partial charge in [-0.3, -0.25) is 0 Å². The summed E-state index contributed by atoms with van der Waals surface area (Å²) in [5, 5.41) is 8.89. The molecule has 1 unspecified atom stereocenters. The zero-order chi connectivity index (χ0) is 11.6. The van der Waals surface area contributed by atoms with Gasteiger partial charge in [0.25, 0.3) is 0 Å². The van der Waals surface area contributed by atoms with Gasteiger partial charge in [-0.05, 0) is 46.4 Å². The molecule has 1 aromatic rings. The number of hydrogen-bond acceptors (Lipinski definition) is 1. The quantitative estimate of drug-likeness (QED) is 0.824. The third-order valence-corrected chi connectivity index (χ3v) is 2.71. The molecule has 0 spiro atoms. The summed E-state index contributed by atoms with van der Waals surface area (Å²) >= 11 is 1.84. The molecule has 0 amide bonds. The van der Waals surface area contributed by atoms with E-state index in [9.17, 15) is 13.2 Å². The third-order valence-electron chi connectivity index (χ3n) is 2.09. The summed E-state index contributed by atoms with van der Waals surface area (Å²) in [6.45, 7) is 1.53. The molecule has 0 saturated heterocycles. The highest BCUT2D eigenvalue weighted by Gasteiger charge is 2.31. The van der Waals surface area contributed by atoms with Gasteiger partial charge in [-0.25, -0.2) is 0 Å². The molecule has 1 N–H and O–H groups in total. The van der Waals surface area contributed by atoms with Gasteiger partial charge < -0.3 is 5.11 Å². The average Bonchev–Trinajstić information content (AvgIpc) is 2.14. The number of benzene rings is 1. The van der Waals surface area contributed by atoms with Crippen molar-refractivity contribution in [2.24, 2.45) is 0 Å². The van der Waals surface area contributed by atoms with Gasteiger partial charge in [0.05, 0.1) is 5.56 Å². The van der Waals surface area contributed by atoms with Crippen molar-refractivity contribution in [3.8, 4) is 0 Å². The Morgan fingerprint density at radius 1 is 1.33 bits per heavy atom. The van der Waals surface area contributed by atoms with Crippen molar-refractivity contribution in [2.45, 2.75) is 19.0 Å². The van der Waals surface area contributed by atoms with Crippen LogP contribution in [-0.2, 0) is 6.18 Å². The van der Waals surface area contributed by atoms with Crippen molar-refractivity contribution in [3.63, 3.8) is 0 Å². The van der Waals surface area contributed by atoms with Crippen LogP contribution in [0.5, 0.6) is 0 Å². The van der Waals surface area contributed by atoms with Crippen LogP contribution in [0.2, 0.25) is 0 Å². The number of aliphatic hydroxyl groups excluding tert-OH is 1. The monoisotopic (exact) mass is 330 g/mol. The standard InChI is InChI=1S/C10H10F3IO/c1-6(5-15)7-2-8(10(11,12)13)4-9(14)3-7/h2-4,6,15H,5H2,1H3. The summed E-state index contributed by atoms with van der Waals surface area (Å²) in [6.07, 6.45) is -4.33. The lowest BCUT2D eigenvalue weighted by atomic mass is 10.00. The summed E-state index contributed by atoms with van der Waals surface area (Å²) in [5.41, 5.74) is -0.151. The zero-order valence-corrected chi connectivity index (χ0v) is 10.1. The van der Waals surface area contributed by atoms with Gasteiger partial charge in [0.1, 0.15) is 0 Å². The van der Waals surface area contributed by atoms with Crippen LogP contribution in [0.15, 0.2) is 18.2 Å². The molecule has 0 aliphatic carbocycles. The highest BCUT2D eigenvalue weighted by Crippen LogP contribution is 2.32. The maximum Gasteiger partial charge on any atom is 0.416 e. The van der Waals surface area contributed by atoms with Gasteiger partial charge in [-0.15, -0.1) is 0 Å². The fourth-order valence-electron chi connectivity index (χ4n) is 1.17. The Hall–Kier alpha value is -0.300. The van der Waals surface area contributed by atoms with E-state index in [1.807, 2.05) is 22.6 Å². The number of alkyl halides is 3. The van der Waals surface area contributed by atoms with Gasteiger partial charge in [0, 0.05) is 16.1 Å². The van der Waals surface area contributed by atoms with E-state index in [4.69, 9.17) is 5.11 Å². The van der Waals surface area contributed by atoms with Crippen LogP contribution in [-0.4, -0.2) is 11.7 Å². The molecule has 1 atom stereocenters. The van der Waals surface area contributed by atoms with E-state index < -0.39 is 11.7 Å². The number of halogens is 4. The lowest BCUT2D eigenvalue weighted by Crippen LogP contribution is -2.08. The average molecular weight is 330 g/mol. The minimum atomic E-state index is -4.33. The highest BCUT2D eigenvalue weighted by molar-refractivity contribution is 14.1. The molecule has 1 aromatic carbocycles. The van der Waals surface area contributed by atoms with E-state index in [1.54, 1.807) is 13.0 Å². The zero-order valence-electron chi connectivity index (χ0n) is 7.98. The summed E-state index contributed by atoms with van der Waals surface area (Å²) in [6, 6.07) is 3.83. The van der Waals surface area contributed by atoms with E-state index in [0.717, 1.165) is 12.1 Å². The van der Waals surface area contributed by atoms with Crippen LogP contribution >= 0.6 is 22.6 Å². The molecule has 5 heteroatoms. The fourth-order valence-corrected chi connectivity index (χ4v) is 1.86. The molecule has 0 aliphatic rings. The van der Waals surface area contributed by atoms with Crippen LogP contribution in [0, 0.1) is 3.57 Å². The summed E-state index contributed by atoms with van der Waals surface area (Å²) in [7, 11) is 0. The van der Waals surface area contributed by atoms with Gasteiger partial charge >= 0.3 is 6.18 Å². The van der Waals surface area contributed by atoms with Crippen LogP contribution < -0.4 is 0 Å². The first kappa shape index (κ1) is 12.8. The van der Waals surface area contributed by atoms with Gasteiger partial charge in [-0.1, -0.05) is 6.92 Å². The lowest BCUT2D eigenvalue weighted by molar-refractivity contribution is -0.137. The molecular formula is C10H10F3IO. The highest BCUT2D eigenvalue weighted by atomic mass is 127. The van der Waals surface area contributed by atoms with E-state index >= 15 is 0 Å². The minimum Gasteiger partial charge on any atom is -0.396 e. The summed E-state index contributed by atoms with van der Waals surface area (Å²) in [4.78, 5) is 0. The number of rotatable bonds is 2. The van der Waals surface area contributed by atoms with E-state index in [2.05, 4.69) is 0 Å². The minimum absolute atomic E-state index is 0.155. The van der Waals surface area contributed by atoms with Crippen molar-refractivity contribution in [2.75, 3.05) is 6.61 Å². The van der Waals surface area contributed by atoms with Crippen molar-refractivity contribution >= 4 is 22.6 Å². The van der Waals surface area contributed by atoms with Crippen LogP contribution in [0.4, 0.5) is 13.2 Å². The largest absolute Gasteiger partial charge is 0.416 e. The first-order valence-electron chi connectivity index (χ1n) is 4.33. The second-order valence-corrected chi connectivity index (χ2v) is 4.60. The molecule has 0 bridgehead atoms. The normalized spacial score (nSPS) is 14.0. The van der Waals surface area contributed by atoms with Crippen LogP contribution in [0.25, 0.3) is 0 Å². The van der Waals surface area contributed by atoms with Crippen molar-refractivity contribution in [1.82, 2.24) is 0 Å². The molecule has 0 fully saturated rings. The number of aliphatic hydroxyl groups is 1. The van der Waals surface area contributed by atoms with Crippen LogP contribution in [0.1, 0.15) is 24.0 Å². The van der Waals surface area contributed by atoms with Crippen LogP contribution in [0.3, 0.4) is 0 Å². The van der Waals surface area contributed by atoms with E-state index in [-0.39, 0.29) is 12.5 Å². The molecule has 0 aromatic heterocycles. The summed E-state index contributed by atoms with van der Waals surface area (Å²) in [5.74, 6) is -0.277. The molecule has 0 radical (unpaired) electrons. The molecule has 0 aliphatic heterocycles. The number of hydrogen-bond donors (Lipinski definition) is 1. The van der Waals surface area contributed by atoms with Crippen molar-refractivity contribution in [3.05, 3.63) is 32.9 Å². The predicted octanol–water partition coefficient (Wildman–Crippen LogP) is 3.41. The Bertz CT molecular complexity index is 349. The Balaban J connectivity index is 3.17. The van der Waals surface area contributed by atoms with Gasteiger partial charge in [0.2, 0.25) is 0 Å². The maximum absolute atomic E-state index is 12.4. The van der Waals surface area contributed by atoms with Gasteiger partial charge in [0.15, 0.2) is 0 Å².